The molecule has 0 bridgehead atoms. The third-order valence-electron chi connectivity index (χ3n) is 3.07. The summed E-state index contributed by atoms with van der Waals surface area (Å²) < 4.78 is 12.0. The summed E-state index contributed by atoms with van der Waals surface area (Å²) in [6.07, 6.45) is 5.74. The minimum absolute atomic E-state index is 0.138. The van der Waals surface area contributed by atoms with E-state index in [4.69, 9.17) is 8.85 Å². The highest BCUT2D eigenvalue weighted by molar-refractivity contribution is 6.59. The smallest absolute Gasteiger partial charge is 0.307 e. The second-order valence-electron chi connectivity index (χ2n) is 10.1. The van der Waals surface area contributed by atoms with Crippen molar-refractivity contribution < 1.29 is 8.85 Å². The van der Waals surface area contributed by atoms with Gasteiger partial charge in [0.15, 0.2) is 0 Å². The van der Waals surface area contributed by atoms with Gasteiger partial charge in [0, 0.05) is 0 Å². The topological polar surface area (TPSA) is 18.5 Å². The van der Waals surface area contributed by atoms with Crippen molar-refractivity contribution in [1.82, 2.24) is 0 Å². The van der Waals surface area contributed by atoms with Crippen LogP contribution in [-0.2, 0) is 8.85 Å². The molecule has 22 heavy (non-hydrogen) atoms. The summed E-state index contributed by atoms with van der Waals surface area (Å²) in [6.45, 7) is 26.8. The number of hydrogen-bond acceptors (Lipinski definition) is 2. The lowest BCUT2D eigenvalue weighted by molar-refractivity contribution is 0.408. The number of hydrogen-bond donors (Lipinski definition) is 0. The molecule has 0 spiro atoms. The molecule has 0 unspecified atom stereocenters. The molecule has 0 heterocycles. The summed E-state index contributed by atoms with van der Waals surface area (Å²) in [5.41, 5.74) is 0. The third kappa shape index (κ3) is 7.24. The minimum atomic E-state index is -1.09. The molecule has 0 aromatic carbocycles. The van der Waals surface area contributed by atoms with E-state index in [1.165, 1.54) is 0 Å². The summed E-state index contributed by atoms with van der Waals surface area (Å²) in [5.74, 6) is 0. The van der Waals surface area contributed by atoms with Gasteiger partial charge in [-0.05, 0) is 20.2 Å². The molecule has 0 rings (SSSR count). The molecule has 2 nitrogen and oxygen atoms in total. The molecule has 0 aromatic heterocycles. The Balaban J connectivity index is 5.03. The average Bonchev–Trinajstić information content (AvgIpc) is 2.14. The predicted octanol–water partition coefficient (Wildman–Crippen LogP) is 6.12. The van der Waals surface area contributed by atoms with Gasteiger partial charge in [-0.3, -0.25) is 0 Å². The lowest BCUT2D eigenvalue weighted by Gasteiger charge is -2.36. The summed E-state index contributed by atoms with van der Waals surface area (Å²) in [4.78, 5) is 0. The first-order valence-corrected chi connectivity index (χ1v) is 10.9. The van der Waals surface area contributed by atoms with E-state index in [0.717, 1.165) is 0 Å². The second kappa shape index (κ2) is 7.01. The summed E-state index contributed by atoms with van der Waals surface area (Å²) >= 11 is 0. The molecule has 4 heteroatoms. The van der Waals surface area contributed by atoms with Crippen LogP contribution in [0.15, 0.2) is 0 Å². The molecule has 0 aromatic rings. The normalized spacial score (nSPS) is 13.9. The highest BCUT2D eigenvalue weighted by Gasteiger charge is 2.42. The van der Waals surface area contributed by atoms with Crippen LogP contribution in [0.25, 0.3) is 0 Å². The maximum atomic E-state index is 5.98. The van der Waals surface area contributed by atoms with E-state index in [0.29, 0.717) is 0 Å². The van der Waals surface area contributed by atoms with Gasteiger partial charge in [0.25, 0.3) is 0 Å². The van der Waals surface area contributed by atoms with Gasteiger partial charge < -0.3 is 8.85 Å². The molecule has 0 aliphatic heterocycles. The summed E-state index contributed by atoms with van der Waals surface area (Å²) in [6, 6.07) is 0. The van der Waals surface area contributed by atoms with Gasteiger partial charge in [-0.15, -0.1) is 0 Å². The van der Waals surface area contributed by atoms with E-state index in [2.05, 4.69) is 95.3 Å². The molecule has 0 atom stereocenters. The SMILES string of the molecule is CC(C)(C)[Si](OC#CO[Si](C(C)(C)C)C(C)(C)C)C(C)(C)C. The standard InChI is InChI=1S/C18H36O2Si2/c1-15(2,3)21(16(4,5)6)19-13-14-20-22(17(7,8)9)18(10,11)12/h1-12H3. The molecule has 0 N–H and O–H groups in total. The Morgan fingerprint density at radius 3 is 0.773 bits per heavy atom. The van der Waals surface area contributed by atoms with Gasteiger partial charge in [-0.25, -0.2) is 0 Å². The Morgan fingerprint density at radius 2 is 0.636 bits per heavy atom. The van der Waals surface area contributed by atoms with Crippen molar-refractivity contribution in [2.45, 2.75) is 103 Å². The molecule has 0 saturated carbocycles. The van der Waals surface area contributed by atoms with Gasteiger partial charge in [0.1, 0.15) is 12.2 Å². The fraction of sp³-hybridized carbons (Fsp3) is 0.889. The van der Waals surface area contributed by atoms with Crippen molar-refractivity contribution in [3.05, 3.63) is 0 Å². The van der Waals surface area contributed by atoms with Gasteiger partial charge in [-0.2, -0.15) is 0 Å². The minimum Gasteiger partial charge on any atom is -0.496 e. The van der Waals surface area contributed by atoms with Gasteiger partial charge in [0.05, 0.1) is 0 Å². The zero-order valence-electron chi connectivity index (χ0n) is 16.8. The molecular weight excluding hydrogens is 304 g/mol. The van der Waals surface area contributed by atoms with Gasteiger partial charge >= 0.3 is 18.1 Å². The van der Waals surface area contributed by atoms with E-state index in [1.807, 2.05) is 0 Å². The Kier molecular flexibility index (Phi) is 6.88. The Morgan fingerprint density at radius 1 is 0.455 bits per heavy atom. The quantitative estimate of drug-likeness (QED) is 0.445. The van der Waals surface area contributed by atoms with E-state index in [-0.39, 0.29) is 20.2 Å². The Bertz CT molecular complexity index is 340. The molecule has 0 aliphatic carbocycles. The molecular formula is C18H36O2Si2. The maximum Gasteiger partial charge on any atom is 0.307 e. The zero-order valence-corrected chi connectivity index (χ0v) is 18.8. The predicted molar refractivity (Wildman–Crippen MR) is 100 cm³/mol. The largest absolute Gasteiger partial charge is 0.496 e. The lowest BCUT2D eigenvalue weighted by Crippen LogP contribution is -2.38. The highest BCUT2D eigenvalue weighted by Crippen LogP contribution is 2.43. The zero-order chi connectivity index (χ0) is 18.0. The van der Waals surface area contributed by atoms with Crippen LogP contribution in [0.1, 0.15) is 83.1 Å². The number of rotatable bonds is 2. The van der Waals surface area contributed by atoms with Crippen LogP contribution in [0.5, 0.6) is 0 Å². The first-order valence-electron chi connectivity index (χ1n) is 8.07. The van der Waals surface area contributed by atoms with Crippen molar-refractivity contribution in [2.75, 3.05) is 0 Å². The summed E-state index contributed by atoms with van der Waals surface area (Å²) in [5, 5.41) is 0.553. The van der Waals surface area contributed by atoms with Crippen molar-refractivity contribution in [1.29, 1.82) is 0 Å². The molecule has 128 valence electrons. The van der Waals surface area contributed by atoms with Crippen LogP contribution in [0.3, 0.4) is 0 Å². The van der Waals surface area contributed by atoms with Crippen molar-refractivity contribution in [3.8, 4) is 12.2 Å². The van der Waals surface area contributed by atoms with Crippen LogP contribution in [0.4, 0.5) is 0 Å². The van der Waals surface area contributed by atoms with Gasteiger partial charge in [0.2, 0.25) is 0 Å². The van der Waals surface area contributed by atoms with E-state index >= 15 is 0 Å². The van der Waals surface area contributed by atoms with Crippen molar-refractivity contribution >= 4 is 18.1 Å². The van der Waals surface area contributed by atoms with Gasteiger partial charge in [-0.1, -0.05) is 83.1 Å². The van der Waals surface area contributed by atoms with E-state index in [9.17, 15) is 0 Å². The molecule has 0 aliphatic rings. The van der Waals surface area contributed by atoms with E-state index < -0.39 is 18.1 Å². The van der Waals surface area contributed by atoms with Crippen LogP contribution >= 0.6 is 0 Å². The Hall–Kier alpha value is -0.406. The fourth-order valence-corrected chi connectivity index (χ4v) is 9.02. The monoisotopic (exact) mass is 340 g/mol. The highest BCUT2D eigenvalue weighted by atomic mass is 28.3. The van der Waals surface area contributed by atoms with Crippen LogP contribution in [0.2, 0.25) is 20.2 Å². The van der Waals surface area contributed by atoms with Crippen molar-refractivity contribution in [2.24, 2.45) is 0 Å². The summed E-state index contributed by atoms with van der Waals surface area (Å²) in [7, 11) is -2.17. The van der Waals surface area contributed by atoms with Crippen molar-refractivity contribution in [3.63, 3.8) is 0 Å². The first kappa shape index (κ1) is 21.6. The van der Waals surface area contributed by atoms with Crippen LogP contribution < -0.4 is 0 Å². The average molecular weight is 341 g/mol. The first-order chi connectivity index (χ1) is 9.47. The van der Waals surface area contributed by atoms with Crippen LogP contribution in [-0.4, -0.2) is 18.1 Å². The second-order valence-corrected chi connectivity index (χ2v) is 17.8. The molecule has 0 fully saturated rings. The molecule has 0 amide bonds. The Labute approximate surface area is 142 Å². The third-order valence-corrected chi connectivity index (χ3v) is 9.13. The van der Waals surface area contributed by atoms with Crippen LogP contribution in [0, 0.1) is 12.2 Å². The maximum absolute atomic E-state index is 5.98. The van der Waals surface area contributed by atoms with E-state index in [1.54, 1.807) is 0 Å². The lowest BCUT2D eigenvalue weighted by atomic mass is 10.2. The molecule has 0 saturated heterocycles. The molecule has 2 radical (unpaired) electrons. The fourth-order valence-electron chi connectivity index (χ4n) is 3.01.